The third-order valence-corrected chi connectivity index (χ3v) is 3.27. The van der Waals surface area contributed by atoms with Crippen LogP contribution in [0.5, 0.6) is 0 Å². The second-order valence-electron chi connectivity index (χ2n) is 4.68. The molecule has 0 heterocycles. The van der Waals surface area contributed by atoms with Gasteiger partial charge in [-0.25, -0.2) is 8.42 Å². The minimum atomic E-state index is -3.35. The fraction of sp³-hybridized carbons (Fsp3) is 0.385. The molecular formula is C13H18N2O5S. The number of amides is 1. The SMILES string of the molecule is CN(CCCC(=O)O)C(=O)c1ccc(NS(C)(=O)=O)cc1. The number of carbonyl (C=O) groups excluding carboxylic acids is 1. The summed E-state index contributed by atoms with van der Waals surface area (Å²) in [6.07, 6.45) is 1.43. The van der Waals surface area contributed by atoms with Gasteiger partial charge in [-0.05, 0) is 30.7 Å². The van der Waals surface area contributed by atoms with E-state index in [2.05, 4.69) is 4.72 Å². The van der Waals surface area contributed by atoms with Gasteiger partial charge in [0.15, 0.2) is 0 Å². The zero-order valence-electron chi connectivity index (χ0n) is 11.9. The Bertz CT molecular complexity index is 610. The van der Waals surface area contributed by atoms with Crippen LogP contribution in [-0.2, 0) is 14.8 Å². The molecule has 1 aromatic carbocycles. The number of nitrogens with zero attached hydrogens (tertiary/aromatic N) is 1. The van der Waals surface area contributed by atoms with E-state index in [1.165, 1.54) is 29.2 Å². The molecule has 0 aliphatic heterocycles. The summed E-state index contributed by atoms with van der Waals surface area (Å²) in [5.74, 6) is -1.14. The number of carbonyl (C=O) groups is 2. The Kier molecular flexibility index (Phi) is 5.71. The van der Waals surface area contributed by atoms with E-state index in [9.17, 15) is 18.0 Å². The lowest BCUT2D eigenvalue weighted by atomic mass is 10.2. The topological polar surface area (TPSA) is 104 Å². The summed E-state index contributed by atoms with van der Waals surface area (Å²) in [6, 6.07) is 6.03. The van der Waals surface area contributed by atoms with Gasteiger partial charge in [-0.15, -0.1) is 0 Å². The maximum Gasteiger partial charge on any atom is 0.303 e. The van der Waals surface area contributed by atoms with Gasteiger partial charge >= 0.3 is 5.97 Å². The molecule has 0 bridgehead atoms. The monoisotopic (exact) mass is 314 g/mol. The molecule has 0 unspecified atom stereocenters. The lowest BCUT2D eigenvalue weighted by Crippen LogP contribution is -2.28. The minimum Gasteiger partial charge on any atom is -0.481 e. The van der Waals surface area contributed by atoms with Crippen LogP contribution in [0.25, 0.3) is 0 Å². The van der Waals surface area contributed by atoms with E-state index >= 15 is 0 Å². The molecule has 0 fully saturated rings. The molecule has 0 aliphatic rings. The van der Waals surface area contributed by atoms with Gasteiger partial charge in [-0.3, -0.25) is 14.3 Å². The van der Waals surface area contributed by atoms with Crippen molar-refractivity contribution in [2.45, 2.75) is 12.8 Å². The summed E-state index contributed by atoms with van der Waals surface area (Å²) in [7, 11) is -1.76. The number of rotatable bonds is 7. The molecule has 0 saturated carbocycles. The van der Waals surface area contributed by atoms with Crippen molar-refractivity contribution < 1.29 is 23.1 Å². The number of sulfonamides is 1. The van der Waals surface area contributed by atoms with E-state index < -0.39 is 16.0 Å². The fourth-order valence-corrected chi connectivity index (χ4v) is 2.25. The molecule has 0 aliphatic carbocycles. The van der Waals surface area contributed by atoms with Gasteiger partial charge < -0.3 is 10.0 Å². The number of hydrogen-bond acceptors (Lipinski definition) is 4. The Balaban J connectivity index is 2.64. The zero-order valence-corrected chi connectivity index (χ0v) is 12.7. The smallest absolute Gasteiger partial charge is 0.303 e. The first-order chi connectivity index (χ1) is 9.69. The number of carboxylic acids is 1. The summed E-state index contributed by atoms with van der Waals surface area (Å²) in [6.45, 7) is 0.342. The molecule has 1 amide bonds. The molecule has 2 N–H and O–H groups in total. The van der Waals surface area contributed by atoms with Gasteiger partial charge in [0.2, 0.25) is 10.0 Å². The van der Waals surface area contributed by atoms with Crippen molar-refractivity contribution in [2.75, 3.05) is 24.6 Å². The first-order valence-electron chi connectivity index (χ1n) is 6.24. The van der Waals surface area contributed by atoms with Crippen LogP contribution < -0.4 is 4.72 Å². The van der Waals surface area contributed by atoms with Crippen LogP contribution >= 0.6 is 0 Å². The highest BCUT2D eigenvalue weighted by molar-refractivity contribution is 7.92. The molecule has 8 heteroatoms. The van der Waals surface area contributed by atoms with E-state index in [1.54, 1.807) is 7.05 Å². The number of anilines is 1. The molecule has 0 aromatic heterocycles. The summed E-state index contributed by atoms with van der Waals surface area (Å²) in [5, 5.41) is 8.55. The van der Waals surface area contributed by atoms with E-state index in [0.29, 0.717) is 24.2 Å². The van der Waals surface area contributed by atoms with Crippen molar-refractivity contribution in [2.24, 2.45) is 0 Å². The number of benzene rings is 1. The molecule has 0 radical (unpaired) electrons. The van der Waals surface area contributed by atoms with Crippen molar-refractivity contribution in [3.05, 3.63) is 29.8 Å². The van der Waals surface area contributed by atoms with E-state index in [1.807, 2.05) is 0 Å². The standard InChI is InChI=1S/C13H18N2O5S/c1-15(9-3-4-12(16)17)13(18)10-5-7-11(8-6-10)14-21(2,19)20/h5-8,14H,3-4,9H2,1-2H3,(H,16,17). The summed E-state index contributed by atoms with van der Waals surface area (Å²) >= 11 is 0. The fourth-order valence-electron chi connectivity index (χ4n) is 1.68. The Hall–Kier alpha value is -2.09. The first-order valence-corrected chi connectivity index (χ1v) is 8.13. The zero-order chi connectivity index (χ0) is 16.0. The van der Waals surface area contributed by atoms with Crippen molar-refractivity contribution in [1.29, 1.82) is 0 Å². The molecule has 0 atom stereocenters. The number of nitrogens with one attached hydrogen (secondary N) is 1. The third kappa shape index (κ3) is 6.26. The maximum absolute atomic E-state index is 12.1. The highest BCUT2D eigenvalue weighted by Gasteiger charge is 2.12. The van der Waals surface area contributed by atoms with Gasteiger partial charge in [0.05, 0.1) is 6.26 Å². The number of carboxylic acid groups (broad SMARTS) is 1. The molecular weight excluding hydrogens is 296 g/mol. The van der Waals surface area contributed by atoms with Crippen LogP contribution in [0.3, 0.4) is 0 Å². The van der Waals surface area contributed by atoms with Crippen LogP contribution in [0.4, 0.5) is 5.69 Å². The second kappa shape index (κ2) is 7.07. The van der Waals surface area contributed by atoms with Crippen molar-refractivity contribution in [1.82, 2.24) is 4.90 Å². The molecule has 0 spiro atoms. The van der Waals surface area contributed by atoms with Crippen LogP contribution in [0.15, 0.2) is 24.3 Å². The summed E-state index contributed by atoms with van der Waals surface area (Å²) < 4.78 is 24.4. The van der Waals surface area contributed by atoms with Crippen LogP contribution in [0, 0.1) is 0 Å². The van der Waals surface area contributed by atoms with E-state index in [0.717, 1.165) is 6.26 Å². The largest absolute Gasteiger partial charge is 0.481 e. The van der Waals surface area contributed by atoms with E-state index in [-0.39, 0.29) is 12.3 Å². The van der Waals surface area contributed by atoms with Crippen LogP contribution in [-0.4, -0.2) is 50.1 Å². The predicted octanol–water partition coefficient (Wildman–Crippen LogP) is 0.995. The average molecular weight is 314 g/mol. The lowest BCUT2D eigenvalue weighted by Gasteiger charge is -2.16. The lowest BCUT2D eigenvalue weighted by molar-refractivity contribution is -0.137. The highest BCUT2D eigenvalue weighted by Crippen LogP contribution is 2.12. The third-order valence-electron chi connectivity index (χ3n) is 2.67. The van der Waals surface area contributed by atoms with Gasteiger partial charge in [0.25, 0.3) is 5.91 Å². The molecule has 1 aromatic rings. The van der Waals surface area contributed by atoms with Gasteiger partial charge in [-0.1, -0.05) is 0 Å². The van der Waals surface area contributed by atoms with Crippen molar-refractivity contribution >= 4 is 27.6 Å². The van der Waals surface area contributed by atoms with Crippen molar-refractivity contribution in [3.8, 4) is 0 Å². The number of aliphatic carboxylic acids is 1. The molecule has 7 nitrogen and oxygen atoms in total. The Morgan fingerprint density at radius 2 is 1.81 bits per heavy atom. The average Bonchev–Trinajstić information content (AvgIpc) is 2.36. The quantitative estimate of drug-likeness (QED) is 0.781. The van der Waals surface area contributed by atoms with Crippen molar-refractivity contribution in [3.63, 3.8) is 0 Å². The summed E-state index contributed by atoms with van der Waals surface area (Å²) in [5.41, 5.74) is 0.787. The molecule has 116 valence electrons. The van der Waals surface area contributed by atoms with Crippen LogP contribution in [0.1, 0.15) is 23.2 Å². The number of hydrogen-bond donors (Lipinski definition) is 2. The molecule has 21 heavy (non-hydrogen) atoms. The Morgan fingerprint density at radius 1 is 1.24 bits per heavy atom. The van der Waals surface area contributed by atoms with Crippen LogP contribution in [0.2, 0.25) is 0 Å². The second-order valence-corrected chi connectivity index (χ2v) is 6.42. The first kappa shape index (κ1) is 17.0. The predicted molar refractivity (Wildman–Crippen MR) is 78.7 cm³/mol. The molecule has 0 saturated heterocycles. The van der Waals surface area contributed by atoms with E-state index in [4.69, 9.17) is 5.11 Å². The Morgan fingerprint density at radius 3 is 2.29 bits per heavy atom. The van der Waals surface area contributed by atoms with Gasteiger partial charge in [-0.2, -0.15) is 0 Å². The maximum atomic E-state index is 12.1. The van der Waals surface area contributed by atoms with Gasteiger partial charge in [0, 0.05) is 31.3 Å². The minimum absolute atomic E-state index is 0.00877. The molecule has 1 rings (SSSR count). The Labute approximate surface area is 123 Å². The highest BCUT2D eigenvalue weighted by atomic mass is 32.2. The normalized spacial score (nSPS) is 11.0. The summed E-state index contributed by atoms with van der Waals surface area (Å²) in [4.78, 5) is 23.9. The van der Waals surface area contributed by atoms with Gasteiger partial charge in [0.1, 0.15) is 0 Å².